The molecule has 1 rings (SSSR count). The molecule has 0 fully saturated rings. The molecule has 84 valence electrons. The molecule has 0 aliphatic heterocycles. The van der Waals surface area contributed by atoms with Crippen LogP contribution in [0, 0.1) is 11.6 Å². The van der Waals surface area contributed by atoms with Gasteiger partial charge in [0.1, 0.15) is 5.82 Å². The molecule has 0 aliphatic carbocycles. The lowest BCUT2D eigenvalue weighted by Gasteiger charge is -2.30. The molecule has 1 atom stereocenters. The average molecular weight is 215 g/mol. The summed E-state index contributed by atoms with van der Waals surface area (Å²) in [6, 6.07) is 0.593. The Morgan fingerprint density at radius 2 is 2.07 bits per heavy atom. The fourth-order valence-corrected chi connectivity index (χ4v) is 0.926. The van der Waals surface area contributed by atoms with Crippen LogP contribution < -0.4 is 11.1 Å². The molecule has 0 spiro atoms. The van der Waals surface area contributed by atoms with Crippen LogP contribution in [0.1, 0.15) is 20.8 Å². The van der Waals surface area contributed by atoms with Gasteiger partial charge in [0, 0.05) is 17.6 Å². The Morgan fingerprint density at radius 3 is 2.53 bits per heavy atom. The van der Waals surface area contributed by atoms with E-state index in [1.54, 1.807) is 6.92 Å². The number of halogens is 2. The highest BCUT2D eigenvalue weighted by molar-refractivity contribution is 5.39. The van der Waals surface area contributed by atoms with Crippen molar-refractivity contribution < 1.29 is 8.78 Å². The van der Waals surface area contributed by atoms with Gasteiger partial charge in [0.25, 0.3) is 0 Å². The molecular weight excluding hydrogens is 200 g/mol. The molecule has 1 aromatic rings. The van der Waals surface area contributed by atoms with Crippen molar-refractivity contribution in [2.75, 3.05) is 5.32 Å². The Hall–Kier alpha value is -1.23. The molecule has 1 aromatic heterocycles. The fraction of sp³-hybridized carbons (Fsp3) is 0.500. The van der Waals surface area contributed by atoms with Gasteiger partial charge in [-0.15, -0.1) is 0 Å². The van der Waals surface area contributed by atoms with Gasteiger partial charge in [-0.3, -0.25) is 0 Å². The second-order valence-electron chi connectivity index (χ2n) is 4.12. The lowest BCUT2D eigenvalue weighted by molar-refractivity contribution is 0.463. The number of nitrogens with zero attached hydrogens (tertiary/aromatic N) is 1. The molecule has 0 aliphatic rings. The molecule has 1 unspecified atom stereocenters. The van der Waals surface area contributed by atoms with Crippen LogP contribution in [-0.2, 0) is 0 Å². The van der Waals surface area contributed by atoms with E-state index in [-0.39, 0.29) is 11.9 Å². The zero-order chi connectivity index (χ0) is 11.6. The summed E-state index contributed by atoms with van der Waals surface area (Å²) in [6.45, 7) is 5.44. The van der Waals surface area contributed by atoms with Gasteiger partial charge < -0.3 is 11.1 Å². The average Bonchev–Trinajstić information content (AvgIpc) is 2.09. The number of pyridine rings is 1. The third-order valence-corrected chi connectivity index (χ3v) is 2.39. The van der Waals surface area contributed by atoms with Crippen LogP contribution in [0.2, 0.25) is 0 Å². The van der Waals surface area contributed by atoms with E-state index < -0.39 is 17.2 Å². The van der Waals surface area contributed by atoms with E-state index in [0.717, 1.165) is 12.3 Å². The maximum atomic E-state index is 13.2. The lowest BCUT2D eigenvalue weighted by atomic mass is 9.97. The maximum Gasteiger partial charge on any atom is 0.168 e. The van der Waals surface area contributed by atoms with E-state index in [1.165, 1.54) is 0 Å². The minimum Gasteiger partial charge on any atom is -0.361 e. The summed E-state index contributed by atoms with van der Waals surface area (Å²) in [5, 5.41) is 2.84. The molecule has 5 heteroatoms. The topological polar surface area (TPSA) is 50.9 Å². The molecule has 3 N–H and O–H groups in total. The molecule has 3 nitrogen and oxygen atoms in total. The van der Waals surface area contributed by atoms with Gasteiger partial charge in [0.05, 0.1) is 6.20 Å². The van der Waals surface area contributed by atoms with E-state index in [2.05, 4.69) is 10.3 Å². The molecule has 0 saturated carbocycles. The van der Waals surface area contributed by atoms with E-state index in [4.69, 9.17) is 5.73 Å². The predicted molar refractivity (Wildman–Crippen MR) is 55.5 cm³/mol. The standard InChI is InChI=1S/C10H15F2N3/c1-6(13)10(2,3)15-9-8(12)4-7(11)5-14-9/h4-6H,13H2,1-3H3,(H,14,15). The second kappa shape index (κ2) is 4.10. The molecule has 0 amide bonds. The first kappa shape index (κ1) is 11.8. The van der Waals surface area contributed by atoms with Gasteiger partial charge in [-0.05, 0) is 20.8 Å². The quantitative estimate of drug-likeness (QED) is 0.809. The monoisotopic (exact) mass is 215 g/mol. The first-order valence-electron chi connectivity index (χ1n) is 4.68. The van der Waals surface area contributed by atoms with Gasteiger partial charge >= 0.3 is 0 Å². The largest absolute Gasteiger partial charge is 0.361 e. The SMILES string of the molecule is CC(N)C(C)(C)Nc1ncc(F)cc1F. The number of anilines is 1. The van der Waals surface area contributed by atoms with Crippen molar-refractivity contribution in [3.63, 3.8) is 0 Å². The number of nitrogens with one attached hydrogen (secondary N) is 1. The smallest absolute Gasteiger partial charge is 0.168 e. The van der Waals surface area contributed by atoms with Crippen LogP contribution in [-0.4, -0.2) is 16.6 Å². The molecule has 1 heterocycles. The molecule has 0 radical (unpaired) electrons. The Balaban J connectivity index is 2.90. The van der Waals surface area contributed by atoms with Gasteiger partial charge in [-0.2, -0.15) is 0 Å². The van der Waals surface area contributed by atoms with Gasteiger partial charge in [-0.25, -0.2) is 13.8 Å². The first-order chi connectivity index (χ1) is 6.83. The molecule has 0 bridgehead atoms. The lowest BCUT2D eigenvalue weighted by Crippen LogP contribution is -2.47. The fourth-order valence-electron chi connectivity index (χ4n) is 0.926. The van der Waals surface area contributed by atoms with Crippen LogP contribution in [0.4, 0.5) is 14.6 Å². The second-order valence-corrected chi connectivity index (χ2v) is 4.12. The van der Waals surface area contributed by atoms with E-state index in [9.17, 15) is 8.78 Å². The first-order valence-corrected chi connectivity index (χ1v) is 4.68. The van der Waals surface area contributed by atoms with Crippen LogP contribution in [0.25, 0.3) is 0 Å². The van der Waals surface area contributed by atoms with Crippen molar-refractivity contribution in [2.45, 2.75) is 32.4 Å². The third kappa shape index (κ3) is 2.86. The molecule has 0 saturated heterocycles. The van der Waals surface area contributed by atoms with Crippen molar-refractivity contribution in [3.05, 3.63) is 23.9 Å². The highest BCUT2D eigenvalue weighted by atomic mass is 19.1. The number of rotatable bonds is 3. The van der Waals surface area contributed by atoms with Crippen LogP contribution in [0.5, 0.6) is 0 Å². The predicted octanol–water partition coefficient (Wildman–Crippen LogP) is 1.90. The summed E-state index contributed by atoms with van der Waals surface area (Å²) in [7, 11) is 0. The van der Waals surface area contributed by atoms with Gasteiger partial charge in [0.15, 0.2) is 11.6 Å². The van der Waals surface area contributed by atoms with Crippen LogP contribution in [0.3, 0.4) is 0 Å². The Kier molecular flexibility index (Phi) is 3.24. The number of hydrogen-bond donors (Lipinski definition) is 2. The van der Waals surface area contributed by atoms with Gasteiger partial charge in [0.2, 0.25) is 0 Å². The summed E-state index contributed by atoms with van der Waals surface area (Å²) in [4.78, 5) is 3.63. The number of hydrogen-bond acceptors (Lipinski definition) is 3. The van der Waals surface area contributed by atoms with E-state index in [0.29, 0.717) is 0 Å². The Labute approximate surface area is 87.7 Å². The molecular formula is C10H15F2N3. The van der Waals surface area contributed by atoms with Crippen LogP contribution in [0.15, 0.2) is 12.3 Å². The normalized spacial score (nSPS) is 13.7. The third-order valence-electron chi connectivity index (χ3n) is 2.39. The summed E-state index contributed by atoms with van der Waals surface area (Å²) < 4.78 is 25.8. The number of nitrogens with two attached hydrogens (primary N) is 1. The summed E-state index contributed by atoms with van der Waals surface area (Å²) >= 11 is 0. The Bertz CT molecular complexity index is 351. The highest BCUT2D eigenvalue weighted by Crippen LogP contribution is 2.18. The van der Waals surface area contributed by atoms with Crippen molar-refractivity contribution in [1.82, 2.24) is 4.98 Å². The Morgan fingerprint density at radius 1 is 1.47 bits per heavy atom. The molecule has 0 aromatic carbocycles. The summed E-state index contributed by atoms with van der Waals surface area (Å²) in [6.07, 6.45) is 0.961. The van der Waals surface area contributed by atoms with Crippen molar-refractivity contribution >= 4 is 5.82 Å². The molecule has 15 heavy (non-hydrogen) atoms. The maximum absolute atomic E-state index is 13.2. The van der Waals surface area contributed by atoms with Crippen molar-refractivity contribution in [3.8, 4) is 0 Å². The van der Waals surface area contributed by atoms with Crippen LogP contribution >= 0.6 is 0 Å². The van der Waals surface area contributed by atoms with Crippen molar-refractivity contribution in [2.24, 2.45) is 5.73 Å². The highest BCUT2D eigenvalue weighted by Gasteiger charge is 2.24. The van der Waals surface area contributed by atoms with Crippen molar-refractivity contribution in [1.29, 1.82) is 0 Å². The van der Waals surface area contributed by atoms with E-state index >= 15 is 0 Å². The minimum atomic E-state index is -0.719. The zero-order valence-electron chi connectivity index (χ0n) is 9.01. The summed E-state index contributed by atoms with van der Waals surface area (Å²) in [5.41, 5.74) is 5.20. The zero-order valence-corrected chi connectivity index (χ0v) is 9.01. The number of aromatic nitrogens is 1. The minimum absolute atomic E-state index is 0.0127. The van der Waals surface area contributed by atoms with Gasteiger partial charge in [-0.1, -0.05) is 0 Å². The van der Waals surface area contributed by atoms with E-state index in [1.807, 2.05) is 13.8 Å². The summed E-state index contributed by atoms with van der Waals surface area (Å²) in [5.74, 6) is -1.40.